The van der Waals surface area contributed by atoms with Crippen molar-refractivity contribution in [3.05, 3.63) is 96.1 Å². The summed E-state index contributed by atoms with van der Waals surface area (Å²) in [4.78, 5) is 4.99. The van der Waals surface area contributed by atoms with Crippen LogP contribution in [0.1, 0.15) is 17.0 Å². The van der Waals surface area contributed by atoms with Crippen LogP contribution in [0.15, 0.2) is 88.4 Å². The molecule has 4 rings (SSSR count). The number of benzene rings is 3. The molecule has 4 nitrogen and oxygen atoms in total. The lowest BCUT2D eigenvalue weighted by molar-refractivity contribution is 0.507. The number of nitrogens with zero attached hydrogens (tertiary/aromatic N) is 1. The van der Waals surface area contributed by atoms with Crippen LogP contribution in [0.25, 0.3) is 22.4 Å². The number of hydrogen-bond donors (Lipinski definition) is 0. The van der Waals surface area contributed by atoms with Crippen LogP contribution in [0.3, 0.4) is 0 Å². The Bertz CT molecular complexity index is 1240. The molecule has 5 heteroatoms. The minimum Gasteiger partial charge on any atom is -0.448 e. The zero-order valence-corrected chi connectivity index (χ0v) is 17.1. The van der Waals surface area contributed by atoms with E-state index in [9.17, 15) is 8.42 Å². The lowest BCUT2D eigenvalue weighted by atomic mass is 9.96. The Morgan fingerprint density at radius 2 is 1.62 bits per heavy atom. The van der Waals surface area contributed by atoms with Gasteiger partial charge in [0.25, 0.3) is 0 Å². The van der Waals surface area contributed by atoms with Crippen LogP contribution in [-0.4, -0.2) is 19.7 Å². The monoisotopic (exact) mass is 403 g/mol. The topological polar surface area (TPSA) is 60.2 Å². The number of aromatic nitrogens is 1. The summed E-state index contributed by atoms with van der Waals surface area (Å²) in [5.74, 6) is 0.658. The van der Waals surface area contributed by atoms with Gasteiger partial charge in [-0.25, -0.2) is 13.4 Å². The molecule has 0 atom stereocenters. The fraction of sp³-hybridized carbons (Fsp3) is 0.125. The van der Waals surface area contributed by atoms with E-state index in [1.807, 2.05) is 61.5 Å². The third-order valence-corrected chi connectivity index (χ3v) is 5.92. The Labute approximate surface area is 170 Å². The molecule has 4 aromatic rings. The minimum absolute atomic E-state index is 0.307. The van der Waals surface area contributed by atoms with Crippen LogP contribution in [0.2, 0.25) is 0 Å². The van der Waals surface area contributed by atoms with Crippen molar-refractivity contribution in [2.75, 3.05) is 6.26 Å². The van der Waals surface area contributed by atoms with Crippen molar-refractivity contribution in [1.29, 1.82) is 0 Å². The van der Waals surface area contributed by atoms with Gasteiger partial charge in [0.05, 0.1) is 4.90 Å². The Morgan fingerprint density at radius 1 is 0.897 bits per heavy atom. The fourth-order valence-corrected chi connectivity index (χ4v) is 3.92. The summed E-state index contributed by atoms with van der Waals surface area (Å²) in [6.07, 6.45) is 3.52. The van der Waals surface area contributed by atoms with Gasteiger partial charge in [0.15, 0.2) is 15.7 Å². The quantitative estimate of drug-likeness (QED) is 0.453. The first-order chi connectivity index (χ1) is 13.9. The van der Waals surface area contributed by atoms with Crippen LogP contribution >= 0.6 is 0 Å². The molecular weight excluding hydrogens is 382 g/mol. The SMILES string of the molecule is Cc1ccc(-c2coc(Cc3ccccc3)n2)c(-c2ccc(S(C)(=O)=O)cc2)c1. The van der Waals surface area contributed by atoms with Crippen molar-refractivity contribution in [1.82, 2.24) is 4.98 Å². The first-order valence-corrected chi connectivity index (χ1v) is 11.2. The molecule has 0 unspecified atom stereocenters. The van der Waals surface area contributed by atoms with E-state index in [4.69, 9.17) is 4.42 Å². The fourth-order valence-electron chi connectivity index (χ4n) is 3.29. The molecule has 29 heavy (non-hydrogen) atoms. The lowest BCUT2D eigenvalue weighted by Crippen LogP contribution is -1.96. The van der Waals surface area contributed by atoms with Crippen LogP contribution < -0.4 is 0 Å². The molecule has 0 amide bonds. The average Bonchev–Trinajstić information content (AvgIpc) is 3.16. The molecule has 0 fully saturated rings. The van der Waals surface area contributed by atoms with Gasteiger partial charge in [-0.2, -0.15) is 0 Å². The van der Waals surface area contributed by atoms with Gasteiger partial charge in [-0.15, -0.1) is 0 Å². The number of oxazole rings is 1. The predicted octanol–water partition coefficient (Wildman–Crippen LogP) is 5.31. The van der Waals surface area contributed by atoms with Gasteiger partial charge in [0.2, 0.25) is 0 Å². The lowest BCUT2D eigenvalue weighted by Gasteiger charge is -2.10. The van der Waals surface area contributed by atoms with Crippen molar-refractivity contribution in [2.45, 2.75) is 18.2 Å². The maximum atomic E-state index is 11.8. The predicted molar refractivity (Wildman–Crippen MR) is 114 cm³/mol. The largest absolute Gasteiger partial charge is 0.448 e. The second-order valence-electron chi connectivity index (χ2n) is 7.13. The Kier molecular flexibility index (Phi) is 5.07. The summed E-state index contributed by atoms with van der Waals surface area (Å²) in [7, 11) is -3.23. The van der Waals surface area contributed by atoms with E-state index in [0.717, 1.165) is 33.5 Å². The second kappa shape index (κ2) is 7.68. The van der Waals surface area contributed by atoms with Gasteiger partial charge in [-0.05, 0) is 35.7 Å². The third kappa shape index (κ3) is 4.30. The highest BCUT2D eigenvalue weighted by molar-refractivity contribution is 7.90. The maximum Gasteiger partial charge on any atom is 0.198 e. The maximum absolute atomic E-state index is 11.8. The molecular formula is C24H21NO3S. The number of sulfone groups is 1. The van der Waals surface area contributed by atoms with Crippen LogP contribution in [0.5, 0.6) is 0 Å². The number of rotatable bonds is 5. The third-order valence-electron chi connectivity index (χ3n) is 4.79. The van der Waals surface area contributed by atoms with Gasteiger partial charge in [0, 0.05) is 18.2 Å². The van der Waals surface area contributed by atoms with Gasteiger partial charge in [-0.1, -0.05) is 66.2 Å². The first-order valence-electron chi connectivity index (χ1n) is 9.30. The zero-order chi connectivity index (χ0) is 20.4. The Hall–Kier alpha value is -3.18. The molecule has 0 spiro atoms. The smallest absolute Gasteiger partial charge is 0.198 e. The molecule has 0 saturated heterocycles. The van der Waals surface area contributed by atoms with Crippen molar-refractivity contribution in [2.24, 2.45) is 0 Å². The van der Waals surface area contributed by atoms with Crippen LogP contribution in [0, 0.1) is 6.92 Å². The number of hydrogen-bond acceptors (Lipinski definition) is 4. The van der Waals surface area contributed by atoms with E-state index in [2.05, 4.69) is 11.1 Å². The summed E-state index contributed by atoms with van der Waals surface area (Å²) >= 11 is 0. The van der Waals surface area contributed by atoms with Gasteiger partial charge >= 0.3 is 0 Å². The highest BCUT2D eigenvalue weighted by Gasteiger charge is 2.14. The van der Waals surface area contributed by atoms with Crippen molar-refractivity contribution < 1.29 is 12.8 Å². The molecule has 146 valence electrons. The molecule has 0 aliphatic rings. The van der Waals surface area contributed by atoms with E-state index in [-0.39, 0.29) is 0 Å². The van der Waals surface area contributed by atoms with E-state index < -0.39 is 9.84 Å². The van der Waals surface area contributed by atoms with Gasteiger partial charge in [-0.3, -0.25) is 0 Å². The highest BCUT2D eigenvalue weighted by atomic mass is 32.2. The van der Waals surface area contributed by atoms with Crippen molar-refractivity contribution >= 4 is 9.84 Å². The second-order valence-corrected chi connectivity index (χ2v) is 9.15. The standard InChI is InChI=1S/C24H21NO3S/c1-17-8-13-21(22(14-17)19-9-11-20(12-10-19)29(2,26)27)23-16-28-24(25-23)15-18-6-4-3-5-7-18/h3-14,16H,15H2,1-2H3. The van der Waals surface area contributed by atoms with E-state index in [0.29, 0.717) is 17.2 Å². The van der Waals surface area contributed by atoms with E-state index >= 15 is 0 Å². The Balaban J connectivity index is 1.71. The van der Waals surface area contributed by atoms with E-state index in [1.165, 1.54) is 6.26 Å². The molecule has 0 aliphatic carbocycles. The molecule has 0 saturated carbocycles. The number of aryl methyl sites for hydroxylation is 1. The van der Waals surface area contributed by atoms with Crippen LogP contribution in [0.4, 0.5) is 0 Å². The molecule has 0 N–H and O–H groups in total. The Morgan fingerprint density at radius 3 is 2.31 bits per heavy atom. The normalized spacial score (nSPS) is 11.5. The van der Waals surface area contributed by atoms with Gasteiger partial charge in [0.1, 0.15) is 12.0 Å². The highest BCUT2D eigenvalue weighted by Crippen LogP contribution is 2.33. The van der Waals surface area contributed by atoms with Crippen molar-refractivity contribution in [3.63, 3.8) is 0 Å². The molecule has 3 aromatic carbocycles. The molecule has 0 aliphatic heterocycles. The van der Waals surface area contributed by atoms with Gasteiger partial charge < -0.3 is 4.42 Å². The van der Waals surface area contributed by atoms with E-state index in [1.54, 1.807) is 18.4 Å². The molecule has 1 heterocycles. The molecule has 0 radical (unpaired) electrons. The zero-order valence-electron chi connectivity index (χ0n) is 16.3. The first kappa shape index (κ1) is 19.2. The summed E-state index contributed by atoms with van der Waals surface area (Å²) in [6, 6.07) is 23.2. The van der Waals surface area contributed by atoms with Crippen molar-refractivity contribution in [3.8, 4) is 22.4 Å². The summed E-state index contributed by atoms with van der Waals surface area (Å²) in [5, 5.41) is 0. The molecule has 1 aromatic heterocycles. The average molecular weight is 404 g/mol. The summed E-state index contributed by atoms with van der Waals surface area (Å²) in [5.41, 5.74) is 5.89. The minimum atomic E-state index is -3.23. The summed E-state index contributed by atoms with van der Waals surface area (Å²) < 4.78 is 29.2. The van der Waals surface area contributed by atoms with Crippen LogP contribution in [-0.2, 0) is 16.3 Å². The summed E-state index contributed by atoms with van der Waals surface area (Å²) in [6.45, 7) is 2.03. The molecule has 0 bridgehead atoms.